The predicted octanol–water partition coefficient (Wildman–Crippen LogP) is 1.35. The lowest BCUT2D eigenvalue weighted by molar-refractivity contribution is -0.0159. The topological polar surface area (TPSA) is 43.4 Å². The van der Waals surface area contributed by atoms with Crippen molar-refractivity contribution >= 4 is 11.3 Å². The summed E-state index contributed by atoms with van der Waals surface area (Å²) in [5.74, 6) is 0. The monoisotopic (exact) mass is 242 g/mol. The van der Waals surface area contributed by atoms with E-state index < -0.39 is 0 Å². The predicted molar refractivity (Wildman–Crippen MR) is 63.7 cm³/mol. The van der Waals surface area contributed by atoms with Crippen LogP contribution in [-0.2, 0) is 16.0 Å². The first-order chi connectivity index (χ1) is 7.76. The summed E-state index contributed by atoms with van der Waals surface area (Å²) in [4.78, 5) is 5.52. The Labute approximate surface area is 100.0 Å². The fourth-order valence-corrected chi connectivity index (χ4v) is 2.61. The molecule has 5 heteroatoms. The van der Waals surface area contributed by atoms with E-state index in [-0.39, 0.29) is 5.60 Å². The Bertz CT molecular complexity index is 334. The molecular formula is C11H18N2O2S. The summed E-state index contributed by atoms with van der Waals surface area (Å²) in [6.45, 7) is 5.23. The highest BCUT2D eigenvalue weighted by Crippen LogP contribution is 2.21. The molecule has 1 aliphatic heterocycles. The maximum Gasteiger partial charge on any atom is 0.106 e. The molecule has 1 unspecified atom stereocenters. The molecule has 1 aliphatic rings. The smallest absolute Gasteiger partial charge is 0.106 e. The van der Waals surface area contributed by atoms with Crippen LogP contribution < -0.4 is 5.32 Å². The van der Waals surface area contributed by atoms with Gasteiger partial charge >= 0.3 is 0 Å². The van der Waals surface area contributed by atoms with Crippen LogP contribution in [0.2, 0.25) is 0 Å². The summed E-state index contributed by atoms with van der Waals surface area (Å²) < 4.78 is 10.9. The highest BCUT2D eigenvalue weighted by Gasteiger charge is 2.34. The number of aromatic nitrogens is 1. The maximum absolute atomic E-state index is 5.55. The first-order valence-electron chi connectivity index (χ1n) is 5.48. The zero-order valence-electron chi connectivity index (χ0n) is 9.78. The summed E-state index contributed by atoms with van der Waals surface area (Å²) in [5, 5.41) is 3.43. The molecule has 4 nitrogen and oxygen atoms in total. The summed E-state index contributed by atoms with van der Waals surface area (Å²) in [7, 11) is 1.76. The number of nitrogens with zero attached hydrogens (tertiary/aromatic N) is 1. The highest BCUT2D eigenvalue weighted by atomic mass is 32.1. The van der Waals surface area contributed by atoms with Gasteiger partial charge in [-0.15, -0.1) is 11.3 Å². The number of methoxy groups -OCH3 is 1. The Hall–Kier alpha value is -0.490. The molecule has 0 saturated carbocycles. The second kappa shape index (κ2) is 5.23. The van der Waals surface area contributed by atoms with Gasteiger partial charge in [-0.2, -0.15) is 0 Å². The zero-order chi connectivity index (χ0) is 11.4. The van der Waals surface area contributed by atoms with Gasteiger partial charge in [0.15, 0.2) is 0 Å². The second-order valence-electron chi connectivity index (χ2n) is 4.15. The van der Waals surface area contributed by atoms with E-state index >= 15 is 0 Å². The van der Waals surface area contributed by atoms with Crippen LogP contribution in [0.5, 0.6) is 0 Å². The molecule has 2 heterocycles. The Morgan fingerprint density at radius 3 is 3.12 bits per heavy atom. The summed E-state index contributed by atoms with van der Waals surface area (Å²) in [6, 6.07) is 0. The van der Waals surface area contributed by atoms with Crippen molar-refractivity contribution in [3.63, 3.8) is 0 Å². The Morgan fingerprint density at radius 2 is 2.56 bits per heavy atom. The van der Waals surface area contributed by atoms with Crippen LogP contribution in [0.4, 0.5) is 0 Å². The maximum atomic E-state index is 5.55. The van der Waals surface area contributed by atoms with Crippen molar-refractivity contribution in [2.24, 2.45) is 0 Å². The van der Waals surface area contributed by atoms with Crippen molar-refractivity contribution in [2.75, 3.05) is 26.9 Å². The molecule has 0 spiro atoms. The molecule has 1 N–H and O–H groups in total. The number of rotatable bonds is 5. The lowest BCUT2D eigenvalue weighted by Crippen LogP contribution is -2.42. The van der Waals surface area contributed by atoms with Crippen LogP contribution in [0.25, 0.3) is 0 Å². The molecule has 0 aliphatic carbocycles. The molecule has 1 aromatic rings. The highest BCUT2D eigenvalue weighted by molar-refractivity contribution is 7.09. The Morgan fingerprint density at radius 1 is 1.69 bits per heavy atom. The molecule has 90 valence electrons. The van der Waals surface area contributed by atoms with Crippen LogP contribution in [0, 0.1) is 6.92 Å². The van der Waals surface area contributed by atoms with Gasteiger partial charge in [0.05, 0.1) is 17.8 Å². The summed E-state index contributed by atoms with van der Waals surface area (Å²) in [6.07, 6.45) is 0.970. The Balaban J connectivity index is 1.81. The molecule has 0 amide bonds. The van der Waals surface area contributed by atoms with Crippen LogP contribution in [0.1, 0.15) is 17.0 Å². The van der Waals surface area contributed by atoms with Gasteiger partial charge in [0.2, 0.25) is 0 Å². The third-order valence-corrected chi connectivity index (χ3v) is 4.01. The average Bonchev–Trinajstić information content (AvgIpc) is 2.90. The Kier molecular flexibility index (Phi) is 3.91. The van der Waals surface area contributed by atoms with Gasteiger partial charge in [-0.3, -0.25) is 0 Å². The molecule has 0 bridgehead atoms. The summed E-state index contributed by atoms with van der Waals surface area (Å²) in [5.41, 5.74) is 2.88. The van der Waals surface area contributed by atoms with Gasteiger partial charge in [-0.25, -0.2) is 4.98 Å². The van der Waals surface area contributed by atoms with Crippen LogP contribution >= 0.6 is 11.3 Å². The van der Waals surface area contributed by atoms with E-state index in [0.29, 0.717) is 6.61 Å². The zero-order valence-corrected chi connectivity index (χ0v) is 10.6. The number of nitrogens with one attached hydrogen (secondary N) is 1. The van der Waals surface area contributed by atoms with Crippen molar-refractivity contribution in [2.45, 2.75) is 25.5 Å². The minimum atomic E-state index is -0.126. The number of thiazole rings is 1. The molecule has 2 rings (SSSR count). The molecule has 16 heavy (non-hydrogen) atoms. The first-order valence-corrected chi connectivity index (χ1v) is 6.36. The molecule has 1 atom stereocenters. The van der Waals surface area contributed by atoms with Crippen molar-refractivity contribution in [3.05, 3.63) is 16.1 Å². The van der Waals surface area contributed by atoms with Crippen LogP contribution in [0.15, 0.2) is 5.51 Å². The van der Waals surface area contributed by atoms with Crippen molar-refractivity contribution in [1.82, 2.24) is 10.3 Å². The lowest BCUT2D eigenvalue weighted by Gasteiger charge is -2.25. The van der Waals surface area contributed by atoms with Gasteiger partial charge in [0, 0.05) is 38.1 Å². The number of hydrogen-bond donors (Lipinski definition) is 1. The second-order valence-corrected chi connectivity index (χ2v) is 5.09. The molecule has 1 aromatic heterocycles. The van der Waals surface area contributed by atoms with E-state index in [1.165, 1.54) is 4.88 Å². The minimum Gasteiger partial charge on any atom is -0.378 e. The molecule has 1 saturated heterocycles. The van der Waals surface area contributed by atoms with Gasteiger partial charge in [-0.1, -0.05) is 0 Å². The minimum absolute atomic E-state index is 0.126. The molecular weight excluding hydrogens is 224 g/mol. The fraction of sp³-hybridized carbons (Fsp3) is 0.727. The quantitative estimate of drug-likeness (QED) is 0.846. The van der Waals surface area contributed by atoms with Gasteiger partial charge < -0.3 is 14.8 Å². The van der Waals surface area contributed by atoms with Crippen molar-refractivity contribution < 1.29 is 9.47 Å². The van der Waals surface area contributed by atoms with Crippen molar-refractivity contribution in [1.29, 1.82) is 0 Å². The molecule has 1 fully saturated rings. The van der Waals surface area contributed by atoms with E-state index in [9.17, 15) is 0 Å². The van der Waals surface area contributed by atoms with E-state index in [2.05, 4.69) is 10.3 Å². The van der Waals surface area contributed by atoms with Crippen molar-refractivity contribution in [3.8, 4) is 0 Å². The van der Waals surface area contributed by atoms with Gasteiger partial charge in [0.25, 0.3) is 0 Å². The fourth-order valence-electron chi connectivity index (χ4n) is 1.86. The molecule has 0 radical (unpaired) electrons. The van der Waals surface area contributed by atoms with E-state index in [0.717, 1.165) is 31.8 Å². The average molecular weight is 242 g/mol. The van der Waals surface area contributed by atoms with E-state index in [1.807, 2.05) is 12.4 Å². The third-order valence-electron chi connectivity index (χ3n) is 3.08. The standard InChI is InChI=1S/C11H18N2O2S/c1-9-10(16-8-13-9)5-12-6-11(14-2)3-4-15-7-11/h8,12H,3-7H2,1-2H3. The largest absolute Gasteiger partial charge is 0.378 e. The normalized spacial score (nSPS) is 25.1. The third kappa shape index (κ3) is 2.60. The van der Waals surface area contributed by atoms with Crippen LogP contribution in [0.3, 0.4) is 0 Å². The van der Waals surface area contributed by atoms with E-state index in [1.54, 1.807) is 18.4 Å². The number of aryl methyl sites for hydroxylation is 1. The lowest BCUT2D eigenvalue weighted by atomic mass is 10.0. The molecule has 0 aromatic carbocycles. The first kappa shape index (κ1) is 12.0. The van der Waals surface area contributed by atoms with E-state index in [4.69, 9.17) is 9.47 Å². The SMILES string of the molecule is COC1(CNCc2scnc2C)CCOC1. The van der Waals surface area contributed by atoms with Gasteiger partial charge in [0.1, 0.15) is 5.60 Å². The summed E-state index contributed by atoms with van der Waals surface area (Å²) >= 11 is 1.69. The number of ether oxygens (including phenoxy) is 2. The number of hydrogen-bond acceptors (Lipinski definition) is 5. The van der Waals surface area contributed by atoms with Crippen LogP contribution in [-0.4, -0.2) is 37.5 Å². The van der Waals surface area contributed by atoms with Gasteiger partial charge in [-0.05, 0) is 6.92 Å².